The Bertz CT molecular complexity index is 323. The number of carbonyl (C=O) groups excluding carboxylic acids is 1. The van der Waals surface area contributed by atoms with Crippen LogP contribution in [0.15, 0.2) is 0 Å². The number of hydrogen-bond acceptors (Lipinski definition) is 4. The molecule has 0 aliphatic heterocycles. The van der Waals surface area contributed by atoms with Gasteiger partial charge in [-0.25, -0.2) is 0 Å². The molecule has 0 rings (SSSR count). The molecule has 0 aromatic carbocycles. The van der Waals surface area contributed by atoms with Crippen LogP contribution in [0.1, 0.15) is 111 Å². The highest BCUT2D eigenvalue weighted by atomic mass is 32.1. The van der Waals surface area contributed by atoms with Gasteiger partial charge in [0.25, 0.3) is 0 Å². The third kappa shape index (κ3) is 14.3. The van der Waals surface area contributed by atoms with Crippen LogP contribution in [0.25, 0.3) is 0 Å². The van der Waals surface area contributed by atoms with Crippen molar-refractivity contribution in [1.29, 1.82) is 0 Å². The first-order chi connectivity index (χ1) is 12.6. The van der Waals surface area contributed by atoms with Crippen molar-refractivity contribution >= 4 is 31.2 Å². The lowest BCUT2D eigenvalue weighted by Crippen LogP contribution is -2.26. The molecule has 2 nitrogen and oxygen atoms in total. The molecule has 156 valence electrons. The summed E-state index contributed by atoms with van der Waals surface area (Å²) in [7, 11) is 0. The number of hydrogen-bond donors (Lipinski definition) is 2. The van der Waals surface area contributed by atoms with E-state index in [4.69, 9.17) is 4.74 Å². The largest absolute Gasteiger partial charge is 0.462 e. The Morgan fingerprint density at radius 2 is 1.46 bits per heavy atom. The Balaban J connectivity index is 4.36. The molecule has 0 aromatic rings. The van der Waals surface area contributed by atoms with E-state index in [0.717, 1.165) is 50.7 Å². The molecule has 0 spiro atoms. The van der Waals surface area contributed by atoms with Gasteiger partial charge in [-0.3, -0.25) is 4.79 Å². The zero-order chi connectivity index (χ0) is 19.6. The van der Waals surface area contributed by atoms with Crippen LogP contribution in [-0.4, -0.2) is 23.1 Å². The summed E-state index contributed by atoms with van der Waals surface area (Å²) in [5.41, 5.74) is 0. The predicted molar refractivity (Wildman–Crippen MR) is 122 cm³/mol. The molecule has 0 aliphatic rings. The Morgan fingerprint density at radius 3 is 2.04 bits per heavy atom. The zero-order valence-corrected chi connectivity index (χ0v) is 19.3. The lowest BCUT2D eigenvalue weighted by atomic mass is 9.93. The lowest BCUT2D eigenvalue weighted by molar-refractivity contribution is -0.150. The van der Waals surface area contributed by atoms with Crippen molar-refractivity contribution < 1.29 is 9.53 Å². The summed E-state index contributed by atoms with van der Waals surface area (Å²) in [6.07, 6.45) is 15.9. The minimum absolute atomic E-state index is 0.0113. The van der Waals surface area contributed by atoms with E-state index in [-0.39, 0.29) is 17.3 Å². The second-order valence-corrected chi connectivity index (χ2v) is 8.66. The van der Waals surface area contributed by atoms with E-state index in [0.29, 0.717) is 12.3 Å². The molecular weight excluding hydrogens is 360 g/mol. The molecule has 3 unspecified atom stereocenters. The Morgan fingerprint density at radius 1 is 0.885 bits per heavy atom. The molecule has 26 heavy (non-hydrogen) atoms. The second-order valence-electron chi connectivity index (χ2n) is 7.63. The van der Waals surface area contributed by atoms with Crippen LogP contribution in [-0.2, 0) is 9.53 Å². The fourth-order valence-electron chi connectivity index (χ4n) is 3.40. The number of unbranched alkanes of at least 4 members (excludes halogenated alkanes) is 8. The van der Waals surface area contributed by atoms with Crippen molar-refractivity contribution in [3.05, 3.63) is 0 Å². The SMILES string of the molecule is CCCCCCCCCC(CC(CC)C(S)CS)OC(=O)CCCCC. The van der Waals surface area contributed by atoms with Crippen LogP contribution in [0, 0.1) is 5.92 Å². The highest BCUT2D eigenvalue weighted by Gasteiger charge is 2.23. The fraction of sp³-hybridized carbons (Fsp3) is 0.955. The Hall–Kier alpha value is 0.170. The van der Waals surface area contributed by atoms with Crippen LogP contribution in [0.3, 0.4) is 0 Å². The third-order valence-corrected chi connectivity index (χ3v) is 6.52. The molecule has 0 aliphatic carbocycles. The molecule has 0 amide bonds. The van der Waals surface area contributed by atoms with Gasteiger partial charge < -0.3 is 4.74 Å². The molecule has 0 aromatic heterocycles. The monoisotopic (exact) mass is 404 g/mol. The molecule has 0 saturated heterocycles. The molecule has 0 radical (unpaired) electrons. The van der Waals surface area contributed by atoms with E-state index in [2.05, 4.69) is 46.0 Å². The normalized spacial score (nSPS) is 14.8. The fourth-order valence-corrected chi connectivity index (χ4v) is 4.03. The highest BCUT2D eigenvalue weighted by molar-refractivity contribution is 7.84. The molecule has 0 fully saturated rings. The molecule has 3 atom stereocenters. The first-order valence-electron chi connectivity index (χ1n) is 11.1. The predicted octanol–water partition coefficient (Wildman–Crippen LogP) is 7.26. The second kappa shape index (κ2) is 18.5. The standard InChI is InChI=1S/C22H44O2S2/c1-4-7-9-10-11-12-14-15-20(17-19(6-3)21(26)18-25)24-22(23)16-13-8-5-2/h19-21,25-26H,4-18H2,1-3H3. The van der Waals surface area contributed by atoms with Crippen molar-refractivity contribution in [2.75, 3.05) is 5.75 Å². The summed E-state index contributed by atoms with van der Waals surface area (Å²) in [6, 6.07) is 0. The summed E-state index contributed by atoms with van der Waals surface area (Å²) in [5.74, 6) is 1.23. The summed E-state index contributed by atoms with van der Waals surface area (Å²) in [5, 5.41) is 0.277. The van der Waals surface area contributed by atoms with Gasteiger partial charge in [-0.05, 0) is 31.6 Å². The van der Waals surface area contributed by atoms with Gasteiger partial charge in [0.15, 0.2) is 0 Å². The Kier molecular flexibility index (Phi) is 18.7. The van der Waals surface area contributed by atoms with Crippen molar-refractivity contribution in [2.24, 2.45) is 5.92 Å². The van der Waals surface area contributed by atoms with Gasteiger partial charge in [0.05, 0.1) is 0 Å². The van der Waals surface area contributed by atoms with Crippen LogP contribution >= 0.6 is 25.3 Å². The molecule has 4 heteroatoms. The highest BCUT2D eigenvalue weighted by Crippen LogP contribution is 2.25. The van der Waals surface area contributed by atoms with E-state index in [1.54, 1.807) is 0 Å². The van der Waals surface area contributed by atoms with E-state index in [1.807, 2.05) is 0 Å². The number of rotatable bonds is 18. The summed E-state index contributed by atoms with van der Waals surface area (Å²) in [4.78, 5) is 12.2. The molecule has 0 heterocycles. The van der Waals surface area contributed by atoms with Crippen molar-refractivity contribution in [2.45, 2.75) is 122 Å². The molecule has 0 N–H and O–H groups in total. The Labute approximate surface area is 174 Å². The van der Waals surface area contributed by atoms with Gasteiger partial charge in [0.2, 0.25) is 0 Å². The average molecular weight is 405 g/mol. The summed E-state index contributed by atoms with van der Waals surface area (Å²) in [6.45, 7) is 6.61. The van der Waals surface area contributed by atoms with Gasteiger partial charge >= 0.3 is 5.97 Å². The van der Waals surface area contributed by atoms with Crippen LogP contribution < -0.4 is 0 Å². The van der Waals surface area contributed by atoms with Gasteiger partial charge in [-0.1, -0.05) is 78.6 Å². The van der Waals surface area contributed by atoms with E-state index >= 15 is 0 Å². The molecule has 0 saturated carbocycles. The van der Waals surface area contributed by atoms with Gasteiger partial charge in [0.1, 0.15) is 6.10 Å². The average Bonchev–Trinajstić information content (AvgIpc) is 2.64. The van der Waals surface area contributed by atoms with Crippen LogP contribution in [0.4, 0.5) is 0 Å². The molecule has 0 bridgehead atoms. The topological polar surface area (TPSA) is 26.3 Å². The van der Waals surface area contributed by atoms with Crippen molar-refractivity contribution in [1.82, 2.24) is 0 Å². The van der Waals surface area contributed by atoms with E-state index in [1.165, 1.54) is 38.5 Å². The minimum Gasteiger partial charge on any atom is -0.462 e. The first kappa shape index (κ1) is 26.2. The smallest absolute Gasteiger partial charge is 0.306 e. The van der Waals surface area contributed by atoms with Crippen LogP contribution in [0.5, 0.6) is 0 Å². The van der Waals surface area contributed by atoms with Gasteiger partial charge in [0, 0.05) is 17.4 Å². The summed E-state index contributed by atoms with van der Waals surface area (Å²) >= 11 is 9.08. The summed E-state index contributed by atoms with van der Waals surface area (Å²) < 4.78 is 5.87. The van der Waals surface area contributed by atoms with Crippen molar-refractivity contribution in [3.8, 4) is 0 Å². The maximum Gasteiger partial charge on any atom is 0.306 e. The van der Waals surface area contributed by atoms with Gasteiger partial charge in [-0.2, -0.15) is 25.3 Å². The van der Waals surface area contributed by atoms with Gasteiger partial charge in [-0.15, -0.1) is 0 Å². The maximum absolute atomic E-state index is 12.2. The minimum atomic E-state index is -0.0113. The lowest BCUT2D eigenvalue weighted by Gasteiger charge is -2.26. The number of carbonyl (C=O) groups is 1. The number of thiol groups is 2. The van der Waals surface area contributed by atoms with Crippen molar-refractivity contribution in [3.63, 3.8) is 0 Å². The van der Waals surface area contributed by atoms with E-state index in [9.17, 15) is 4.79 Å². The third-order valence-electron chi connectivity index (χ3n) is 5.23. The van der Waals surface area contributed by atoms with E-state index < -0.39 is 0 Å². The molecular formula is C22H44O2S2. The quantitative estimate of drug-likeness (QED) is 0.143. The maximum atomic E-state index is 12.2. The number of ether oxygens (including phenoxy) is 1. The zero-order valence-electron chi connectivity index (χ0n) is 17.5. The first-order valence-corrected chi connectivity index (χ1v) is 12.2. The number of esters is 1. The van der Waals surface area contributed by atoms with Crippen LogP contribution in [0.2, 0.25) is 0 Å².